The summed E-state index contributed by atoms with van der Waals surface area (Å²) in [6.07, 6.45) is 0. The van der Waals surface area contributed by atoms with Crippen molar-refractivity contribution in [3.05, 3.63) is 27.4 Å². The van der Waals surface area contributed by atoms with Gasteiger partial charge in [-0.15, -0.1) is 0 Å². The lowest BCUT2D eigenvalue weighted by Crippen LogP contribution is -2.34. The highest BCUT2D eigenvalue weighted by molar-refractivity contribution is 7.80. The number of aromatic amines is 1. The van der Waals surface area contributed by atoms with E-state index in [1.807, 2.05) is 20.8 Å². The Balaban J connectivity index is 3.17. The standard InChI is InChI=1S/C12H19N3O2S/c1-7-8(9(16)13-5-6-18)10(17)15-11(14-7)12(2,3)4/h18H,5-6H2,1-4H3,(H,13,16)(H,14,15,17). The van der Waals surface area contributed by atoms with Gasteiger partial charge >= 0.3 is 0 Å². The molecule has 1 heterocycles. The van der Waals surface area contributed by atoms with Gasteiger partial charge in [0.1, 0.15) is 11.4 Å². The first kappa shape index (κ1) is 14.8. The monoisotopic (exact) mass is 269 g/mol. The number of nitrogens with zero attached hydrogens (tertiary/aromatic N) is 1. The van der Waals surface area contributed by atoms with Crippen molar-refractivity contribution in [2.75, 3.05) is 12.3 Å². The molecule has 0 aliphatic carbocycles. The molecule has 100 valence electrons. The molecule has 1 aromatic rings. The van der Waals surface area contributed by atoms with Crippen LogP contribution in [0.2, 0.25) is 0 Å². The molecule has 0 bridgehead atoms. The van der Waals surface area contributed by atoms with Crippen LogP contribution in [0.15, 0.2) is 4.79 Å². The van der Waals surface area contributed by atoms with E-state index in [-0.39, 0.29) is 11.0 Å². The van der Waals surface area contributed by atoms with E-state index in [9.17, 15) is 9.59 Å². The Labute approximate surface area is 112 Å². The maximum absolute atomic E-state index is 11.9. The van der Waals surface area contributed by atoms with Crippen molar-refractivity contribution in [3.8, 4) is 0 Å². The fraction of sp³-hybridized carbons (Fsp3) is 0.583. The first-order chi connectivity index (χ1) is 8.27. The summed E-state index contributed by atoms with van der Waals surface area (Å²) in [5.74, 6) is 0.697. The number of rotatable bonds is 3. The van der Waals surface area contributed by atoms with Crippen LogP contribution in [-0.2, 0) is 5.41 Å². The van der Waals surface area contributed by atoms with E-state index < -0.39 is 11.5 Å². The first-order valence-electron chi connectivity index (χ1n) is 5.78. The van der Waals surface area contributed by atoms with Crippen LogP contribution in [-0.4, -0.2) is 28.2 Å². The van der Waals surface area contributed by atoms with Crippen molar-refractivity contribution >= 4 is 18.5 Å². The van der Waals surface area contributed by atoms with Gasteiger partial charge < -0.3 is 10.3 Å². The molecular weight excluding hydrogens is 250 g/mol. The van der Waals surface area contributed by atoms with E-state index in [1.54, 1.807) is 6.92 Å². The Kier molecular flexibility index (Phi) is 4.56. The average Bonchev–Trinajstić information content (AvgIpc) is 2.24. The third-order valence-corrected chi connectivity index (χ3v) is 2.66. The highest BCUT2D eigenvalue weighted by Crippen LogP contribution is 2.17. The molecule has 2 N–H and O–H groups in total. The molecule has 0 atom stereocenters. The summed E-state index contributed by atoms with van der Waals surface area (Å²) in [4.78, 5) is 30.7. The molecule has 0 aliphatic heterocycles. The summed E-state index contributed by atoms with van der Waals surface area (Å²) >= 11 is 4.00. The SMILES string of the molecule is Cc1nc(C(C)(C)C)[nH]c(=O)c1C(=O)NCCS. The molecule has 5 nitrogen and oxygen atoms in total. The van der Waals surface area contributed by atoms with Gasteiger partial charge in [-0.3, -0.25) is 9.59 Å². The van der Waals surface area contributed by atoms with Crippen molar-refractivity contribution in [3.63, 3.8) is 0 Å². The zero-order valence-corrected chi connectivity index (χ0v) is 12.0. The zero-order chi connectivity index (χ0) is 13.9. The Morgan fingerprint density at radius 2 is 2.06 bits per heavy atom. The van der Waals surface area contributed by atoms with Crippen LogP contribution in [0.25, 0.3) is 0 Å². The van der Waals surface area contributed by atoms with Gasteiger partial charge in [0.05, 0.1) is 5.69 Å². The number of aryl methyl sites for hydroxylation is 1. The van der Waals surface area contributed by atoms with E-state index in [2.05, 4.69) is 27.9 Å². The summed E-state index contributed by atoms with van der Waals surface area (Å²) in [5, 5.41) is 2.61. The van der Waals surface area contributed by atoms with Crippen LogP contribution in [0.1, 0.15) is 42.6 Å². The molecule has 0 fully saturated rings. The van der Waals surface area contributed by atoms with E-state index in [0.717, 1.165) is 0 Å². The number of aromatic nitrogens is 2. The number of hydrogen-bond donors (Lipinski definition) is 3. The minimum absolute atomic E-state index is 0.0739. The molecule has 0 radical (unpaired) electrons. The van der Waals surface area contributed by atoms with Crippen molar-refractivity contribution in [2.45, 2.75) is 33.1 Å². The summed E-state index contributed by atoms with van der Waals surface area (Å²) in [7, 11) is 0. The molecule has 0 saturated carbocycles. The van der Waals surface area contributed by atoms with Crippen molar-refractivity contribution < 1.29 is 4.79 Å². The van der Waals surface area contributed by atoms with E-state index in [1.165, 1.54) is 0 Å². The molecule has 1 amide bonds. The van der Waals surface area contributed by atoms with E-state index in [4.69, 9.17) is 0 Å². The van der Waals surface area contributed by atoms with Crippen LogP contribution in [0.5, 0.6) is 0 Å². The lowest BCUT2D eigenvalue weighted by molar-refractivity contribution is 0.0953. The fourth-order valence-corrected chi connectivity index (χ4v) is 1.58. The van der Waals surface area contributed by atoms with Crippen molar-refractivity contribution in [1.29, 1.82) is 0 Å². The zero-order valence-electron chi connectivity index (χ0n) is 11.1. The third-order valence-electron chi connectivity index (χ3n) is 2.44. The third kappa shape index (κ3) is 3.35. The lowest BCUT2D eigenvalue weighted by atomic mass is 9.95. The maximum Gasteiger partial charge on any atom is 0.264 e. The van der Waals surface area contributed by atoms with Gasteiger partial charge in [0.15, 0.2) is 0 Å². The number of thiol groups is 1. The van der Waals surface area contributed by atoms with Gasteiger partial charge in [0.25, 0.3) is 11.5 Å². The molecule has 0 unspecified atom stereocenters. The van der Waals surface area contributed by atoms with Crippen LogP contribution in [0, 0.1) is 6.92 Å². The average molecular weight is 269 g/mol. The summed E-state index contributed by atoms with van der Waals surface area (Å²) in [5.41, 5.74) is -0.140. The van der Waals surface area contributed by atoms with Gasteiger partial charge in [-0.2, -0.15) is 12.6 Å². The largest absolute Gasteiger partial charge is 0.351 e. The van der Waals surface area contributed by atoms with Crippen LogP contribution >= 0.6 is 12.6 Å². The summed E-state index contributed by atoms with van der Waals surface area (Å²) in [6.45, 7) is 7.93. The van der Waals surface area contributed by atoms with Gasteiger partial charge in [-0.25, -0.2) is 4.98 Å². The van der Waals surface area contributed by atoms with Crippen LogP contribution < -0.4 is 10.9 Å². The number of hydrogen-bond acceptors (Lipinski definition) is 4. The topological polar surface area (TPSA) is 74.8 Å². The lowest BCUT2D eigenvalue weighted by Gasteiger charge is -2.18. The van der Waals surface area contributed by atoms with E-state index >= 15 is 0 Å². The fourth-order valence-electron chi connectivity index (χ4n) is 1.47. The molecule has 1 rings (SSSR count). The highest BCUT2D eigenvalue weighted by Gasteiger charge is 2.21. The molecular formula is C12H19N3O2S. The number of amides is 1. The molecule has 0 aliphatic rings. The Morgan fingerprint density at radius 3 is 2.50 bits per heavy atom. The molecule has 0 saturated heterocycles. The van der Waals surface area contributed by atoms with Crippen molar-refractivity contribution in [2.24, 2.45) is 0 Å². The molecule has 1 aromatic heterocycles. The predicted octanol–water partition coefficient (Wildman–Crippen LogP) is 1.04. The molecule has 6 heteroatoms. The number of H-pyrrole nitrogens is 1. The van der Waals surface area contributed by atoms with Crippen LogP contribution in [0.4, 0.5) is 0 Å². The minimum atomic E-state index is -0.407. The highest BCUT2D eigenvalue weighted by atomic mass is 32.1. The Bertz CT molecular complexity index is 503. The number of carbonyl (C=O) groups excluding carboxylic acids is 1. The smallest absolute Gasteiger partial charge is 0.264 e. The first-order valence-corrected chi connectivity index (χ1v) is 6.41. The second kappa shape index (κ2) is 5.56. The number of carbonyl (C=O) groups is 1. The minimum Gasteiger partial charge on any atom is -0.351 e. The Hall–Kier alpha value is -1.30. The van der Waals surface area contributed by atoms with Gasteiger partial charge in [0, 0.05) is 17.7 Å². The molecule has 0 aromatic carbocycles. The maximum atomic E-state index is 11.9. The quantitative estimate of drug-likeness (QED) is 0.718. The van der Waals surface area contributed by atoms with Gasteiger partial charge in [-0.1, -0.05) is 20.8 Å². The van der Waals surface area contributed by atoms with Gasteiger partial charge in [-0.05, 0) is 6.92 Å². The summed E-state index contributed by atoms with van der Waals surface area (Å²) < 4.78 is 0. The Morgan fingerprint density at radius 1 is 1.44 bits per heavy atom. The van der Waals surface area contributed by atoms with Crippen molar-refractivity contribution in [1.82, 2.24) is 15.3 Å². The molecule has 0 spiro atoms. The second-order valence-electron chi connectivity index (χ2n) is 5.10. The molecule has 18 heavy (non-hydrogen) atoms. The van der Waals surface area contributed by atoms with Gasteiger partial charge in [0.2, 0.25) is 0 Å². The number of nitrogens with one attached hydrogen (secondary N) is 2. The van der Waals surface area contributed by atoms with E-state index in [0.29, 0.717) is 23.8 Å². The van der Waals surface area contributed by atoms with Crippen LogP contribution in [0.3, 0.4) is 0 Å². The second-order valence-corrected chi connectivity index (χ2v) is 5.55. The predicted molar refractivity (Wildman–Crippen MR) is 74.5 cm³/mol. The normalized spacial score (nSPS) is 11.4. The summed E-state index contributed by atoms with van der Waals surface area (Å²) in [6, 6.07) is 0.